The van der Waals surface area contributed by atoms with Crippen molar-refractivity contribution in [3.63, 3.8) is 0 Å². The summed E-state index contributed by atoms with van der Waals surface area (Å²) in [5, 5.41) is 40.0. The molecule has 0 aromatic heterocycles. The van der Waals surface area contributed by atoms with E-state index in [0.717, 1.165) is 140 Å². The molecule has 4 N–H and O–H groups in total. The zero-order valence-electron chi connectivity index (χ0n) is 50.6. The number of halogens is 11. The number of carboxylic acid groups (broad SMARTS) is 1. The second-order valence-corrected chi connectivity index (χ2v) is 30.3. The van der Waals surface area contributed by atoms with Crippen molar-refractivity contribution in [1.82, 2.24) is 9.80 Å². The smallest absolute Gasteiger partial charge is 0.453 e. The third kappa shape index (κ3) is 17.4. The molecule has 2 aromatic carbocycles. The van der Waals surface area contributed by atoms with Crippen LogP contribution in [-0.2, 0) is 44.0 Å². The monoisotopic (exact) mass is 1320 g/mol. The van der Waals surface area contributed by atoms with E-state index in [-0.39, 0.29) is 95.1 Å². The molecule has 0 bridgehead atoms. The summed E-state index contributed by atoms with van der Waals surface area (Å²) < 4.78 is 158. The summed E-state index contributed by atoms with van der Waals surface area (Å²) in [6.45, 7) is 8.64. The summed E-state index contributed by atoms with van der Waals surface area (Å²) in [5.74, 6) is -6.87. The number of phenolic OH excluding ortho intramolecular Hbond substituents is 1. The third-order valence-corrected chi connectivity index (χ3v) is 24.4. The van der Waals surface area contributed by atoms with Gasteiger partial charge in [0.15, 0.2) is 0 Å². The molecule has 2 heterocycles. The van der Waals surface area contributed by atoms with Crippen molar-refractivity contribution in [1.29, 1.82) is 0 Å². The number of benzene rings is 2. The molecular formula is C64H91ClF10N2O9S2. The average molecular weight is 1320 g/mol. The number of carboxylic acids is 1. The second kappa shape index (κ2) is 30.3. The fourth-order valence-electron chi connectivity index (χ4n) is 16.9. The SMILES string of the molecule is C[C@]12CC[C@@H]3c4ccc(O)cc4C[C@@H](CCCS(=O)CCCC(F)(F)C(F)(F)F)[C@H]3[C@@H]1CC[C@@H]2O.C[C@]12CC[C@@H]3c4ccc(OC(=O)CN5CCCC5)cc4C[C@@H](CCCS(=O)CCCC(F)(F)C(F)(F)F)[C@H]3[C@@H]1CC[C@@H]2O.Cl.O=C(O)CN1CCCC1. The highest BCUT2D eigenvalue weighted by Crippen LogP contribution is 2.64. The maximum Gasteiger partial charge on any atom is 0.453 e. The molecule has 10 rings (SSSR count). The maximum atomic E-state index is 13.2. The van der Waals surface area contributed by atoms with E-state index in [2.05, 4.69) is 24.8 Å². The molecule has 4 saturated carbocycles. The summed E-state index contributed by atoms with van der Waals surface area (Å²) in [5.41, 5.74) is 4.58. The predicted molar refractivity (Wildman–Crippen MR) is 320 cm³/mol. The van der Waals surface area contributed by atoms with E-state index in [1.165, 1.54) is 11.1 Å². The zero-order chi connectivity index (χ0) is 63.3. The summed E-state index contributed by atoms with van der Waals surface area (Å²) in [7, 11) is -2.92. The van der Waals surface area contributed by atoms with Gasteiger partial charge in [-0.1, -0.05) is 26.0 Å². The van der Waals surface area contributed by atoms with E-state index in [1.807, 2.05) is 29.2 Å². The number of aromatic hydroxyl groups is 1. The minimum Gasteiger partial charge on any atom is -0.508 e. The van der Waals surface area contributed by atoms with Crippen LogP contribution in [0.25, 0.3) is 0 Å². The van der Waals surface area contributed by atoms with E-state index >= 15 is 0 Å². The average Bonchev–Trinajstić information content (AvgIpc) is 1.37. The Hall–Kier alpha value is -3.09. The lowest BCUT2D eigenvalue weighted by Gasteiger charge is -2.53. The van der Waals surface area contributed by atoms with Gasteiger partial charge in [0.05, 0.1) is 25.3 Å². The molecule has 0 spiro atoms. The van der Waals surface area contributed by atoms with Crippen LogP contribution in [0.4, 0.5) is 43.9 Å². The van der Waals surface area contributed by atoms with Crippen molar-refractivity contribution in [2.75, 3.05) is 62.3 Å². The highest BCUT2D eigenvalue weighted by molar-refractivity contribution is 7.85. The third-order valence-electron chi connectivity index (χ3n) is 21.4. The number of alkyl halides is 10. The van der Waals surface area contributed by atoms with Gasteiger partial charge in [0, 0.05) is 57.5 Å². The molecule has 2 aromatic rings. The number of rotatable bonds is 21. The molecule has 88 heavy (non-hydrogen) atoms. The molecule has 2 unspecified atom stereocenters. The van der Waals surface area contributed by atoms with Crippen molar-refractivity contribution in [3.05, 3.63) is 58.7 Å². The summed E-state index contributed by atoms with van der Waals surface area (Å²) in [6.07, 6.45) is 0.754. The minimum atomic E-state index is -5.59. The molecular weight excluding hydrogens is 1230 g/mol. The fourth-order valence-corrected chi connectivity index (χ4v) is 19.3. The van der Waals surface area contributed by atoms with Gasteiger partial charge in [-0.3, -0.25) is 27.8 Å². The molecule has 11 nitrogen and oxygen atoms in total. The Morgan fingerprint density at radius 3 is 1.43 bits per heavy atom. The highest BCUT2D eigenvalue weighted by atomic mass is 35.5. The molecule has 2 saturated heterocycles. The number of hydrogen-bond acceptors (Lipinski definition) is 10. The molecule has 500 valence electrons. The Morgan fingerprint density at radius 2 is 1.00 bits per heavy atom. The van der Waals surface area contributed by atoms with E-state index in [1.54, 1.807) is 6.07 Å². The normalized spacial score (nSPS) is 31.0. The number of ether oxygens (including phenoxy) is 1. The number of esters is 1. The van der Waals surface area contributed by atoms with Crippen LogP contribution in [0.3, 0.4) is 0 Å². The summed E-state index contributed by atoms with van der Waals surface area (Å²) in [4.78, 5) is 26.8. The van der Waals surface area contributed by atoms with E-state index < -0.39 is 77.4 Å². The summed E-state index contributed by atoms with van der Waals surface area (Å²) in [6, 6.07) is 11.6. The number of phenols is 1. The Kier molecular flexibility index (Phi) is 24.9. The quantitative estimate of drug-likeness (QED) is 0.0534. The van der Waals surface area contributed by atoms with Gasteiger partial charge in [-0.05, 0) is 259 Å². The topological polar surface area (TPSA) is 165 Å². The second-order valence-electron chi connectivity index (χ2n) is 27.0. The van der Waals surface area contributed by atoms with E-state index in [4.69, 9.17) is 9.84 Å². The molecule has 8 aliphatic rings. The van der Waals surface area contributed by atoms with Gasteiger partial charge < -0.3 is 25.2 Å². The van der Waals surface area contributed by atoms with Crippen LogP contribution < -0.4 is 4.74 Å². The lowest BCUT2D eigenvalue weighted by molar-refractivity contribution is -0.284. The van der Waals surface area contributed by atoms with Crippen LogP contribution in [0, 0.1) is 46.3 Å². The maximum absolute atomic E-state index is 13.2. The van der Waals surface area contributed by atoms with Crippen molar-refractivity contribution in [3.8, 4) is 11.5 Å². The van der Waals surface area contributed by atoms with Crippen molar-refractivity contribution < 1.29 is 87.1 Å². The minimum absolute atomic E-state index is 0. The van der Waals surface area contributed by atoms with Gasteiger partial charge in [-0.15, -0.1) is 12.4 Å². The first-order valence-electron chi connectivity index (χ1n) is 31.7. The molecule has 2 aliphatic heterocycles. The van der Waals surface area contributed by atoms with Gasteiger partial charge in [-0.2, -0.15) is 43.9 Å². The van der Waals surface area contributed by atoms with Crippen LogP contribution in [0.15, 0.2) is 36.4 Å². The highest BCUT2D eigenvalue weighted by Gasteiger charge is 2.60. The van der Waals surface area contributed by atoms with Gasteiger partial charge >= 0.3 is 36.1 Å². The number of carbonyl (C=O) groups excluding carboxylic acids is 1. The summed E-state index contributed by atoms with van der Waals surface area (Å²) >= 11 is 0. The van der Waals surface area contributed by atoms with Gasteiger partial charge in [0.1, 0.15) is 11.5 Å². The van der Waals surface area contributed by atoms with Crippen LogP contribution in [0.1, 0.15) is 176 Å². The number of nitrogens with zero attached hydrogens (tertiary/aromatic N) is 2. The van der Waals surface area contributed by atoms with Gasteiger partial charge in [0.25, 0.3) is 0 Å². The molecule has 24 heteroatoms. The van der Waals surface area contributed by atoms with Crippen LogP contribution >= 0.6 is 12.4 Å². The number of aliphatic hydroxyl groups is 2. The first-order chi connectivity index (χ1) is 40.9. The fraction of sp³-hybridized carbons (Fsp3) is 0.781. The van der Waals surface area contributed by atoms with Crippen LogP contribution in [0.2, 0.25) is 0 Å². The van der Waals surface area contributed by atoms with Crippen molar-refractivity contribution in [2.24, 2.45) is 46.3 Å². The standard InChI is InChI=1S/C32H44F5NO4S.C26H35F5O3S.C6H11NO2.ClH/c1-30-13-11-25-24-8-7-23(42-28(40)20-38-14-2-3-15-38)19-22(24)18-21(29(25)26(30)9-10-27(30)39)6-4-16-43(41)17-5-12-31(33,34)32(35,36)37;1-24-11-9-20-19-6-5-18(32)15-17(19)14-16(23(20)21(24)7-8-22(24)33)4-2-12-35(34)13-3-10-25(27,28)26(29,30)31;8-6(9)5-7-3-1-2-4-7;/h7-8,19,21,25-27,29,39H,2-6,9-18,20H2,1H3;5-6,15-16,20-23,32-33H,2-4,7-14H2,1H3;1-5H2,(H,8,9);1H/t21-,25-,26+,27+,29-,30+,43?;16-,20-,21+,22+,23-,24+,35?;;/m11../s1. The first kappa shape index (κ1) is 72.3. The molecule has 6 fully saturated rings. The Morgan fingerprint density at radius 1 is 0.591 bits per heavy atom. The van der Waals surface area contributed by atoms with Crippen molar-refractivity contribution >= 4 is 45.9 Å². The molecule has 14 atom stereocenters. The number of hydrogen-bond donors (Lipinski definition) is 4. The first-order valence-corrected chi connectivity index (χ1v) is 34.7. The Balaban J connectivity index is 0.000000220. The lowest BCUT2D eigenvalue weighted by atomic mass is 9.52. The van der Waals surface area contributed by atoms with Crippen LogP contribution in [0.5, 0.6) is 11.5 Å². The lowest BCUT2D eigenvalue weighted by Crippen LogP contribution is -2.47. The van der Waals surface area contributed by atoms with Crippen molar-refractivity contribution in [2.45, 2.75) is 203 Å². The van der Waals surface area contributed by atoms with Gasteiger partial charge in [0.2, 0.25) is 0 Å². The number of carbonyl (C=O) groups is 2. The zero-order valence-corrected chi connectivity index (χ0v) is 53.0. The largest absolute Gasteiger partial charge is 0.508 e. The number of aliphatic hydroxyl groups excluding tert-OH is 2. The molecule has 0 amide bonds. The molecule has 0 radical (unpaired) electrons. The Labute approximate surface area is 522 Å². The molecule has 6 aliphatic carbocycles. The predicted octanol–water partition coefficient (Wildman–Crippen LogP) is 13.6. The number of aliphatic carboxylic acids is 1. The van der Waals surface area contributed by atoms with E-state index in [0.29, 0.717) is 54.1 Å². The van der Waals surface area contributed by atoms with E-state index in [9.17, 15) is 77.2 Å². The number of fused-ring (bicyclic) bond motifs is 10. The van der Waals surface area contributed by atoms with Crippen LogP contribution in [-0.4, -0.2) is 149 Å². The van der Waals surface area contributed by atoms with Gasteiger partial charge in [-0.25, -0.2) is 0 Å². The number of likely N-dealkylation sites (tertiary alicyclic amines) is 2. The Bertz CT molecular complexity index is 2700.